The van der Waals surface area contributed by atoms with Gasteiger partial charge < -0.3 is 4.74 Å². The van der Waals surface area contributed by atoms with E-state index in [2.05, 4.69) is 15.0 Å². The van der Waals surface area contributed by atoms with Crippen LogP contribution in [0.1, 0.15) is 22.8 Å². The summed E-state index contributed by atoms with van der Waals surface area (Å²) in [4.78, 5) is 17.4. The average molecular weight is 468 g/mol. The molecule has 1 heterocycles. The van der Waals surface area contributed by atoms with Gasteiger partial charge in [0.25, 0.3) is 15.9 Å². The third kappa shape index (κ3) is 4.74. The monoisotopic (exact) mass is 467 g/mol. The number of sulfonamides is 1. The molecule has 0 aliphatic carbocycles. The van der Waals surface area contributed by atoms with E-state index >= 15 is 0 Å². The Hall–Kier alpha value is -3.43. The number of aromatic nitrogens is 1. The lowest BCUT2D eigenvalue weighted by Crippen LogP contribution is -2.15. The number of rotatable bonds is 7. The van der Waals surface area contributed by atoms with Gasteiger partial charge >= 0.3 is 0 Å². The number of ether oxygens (including phenoxy) is 1. The number of nitrogens with zero attached hydrogens (tertiary/aromatic N) is 1. The number of para-hydroxylation sites is 1. The third-order valence-electron chi connectivity index (χ3n) is 4.61. The number of aryl methyl sites for hydroxylation is 1. The Morgan fingerprint density at radius 2 is 1.81 bits per heavy atom. The quantitative estimate of drug-likeness (QED) is 0.396. The van der Waals surface area contributed by atoms with Crippen LogP contribution in [0, 0.1) is 6.92 Å². The molecular formula is C23H21N3O4S2. The highest BCUT2D eigenvalue weighted by atomic mass is 32.2. The summed E-state index contributed by atoms with van der Waals surface area (Å²) in [6.45, 7) is 4.30. The van der Waals surface area contributed by atoms with E-state index in [0.29, 0.717) is 34.3 Å². The summed E-state index contributed by atoms with van der Waals surface area (Å²) < 4.78 is 34.3. The minimum Gasteiger partial charge on any atom is -0.492 e. The number of thiazole rings is 1. The zero-order chi connectivity index (χ0) is 22.7. The van der Waals surface area contributed by atoms with Crippen LogP contribution in [0.2, 0.25) is 0 Å². The zero-order valence-electron chi connectivity index (χ0n) is 17.5. The first kappa shape index (κ1) is 21.8. The number of carbonyl (C=O) groups excluding carboxylic acids is 1. The Labute approximate surface area is 190 Å². The van der Waals surface area contributed by atoms with E-state index in [9.17, 15) is 13.2 Å². The second-order valence-electron chi connectivity index (χ2n) is 7.01. The SMILES string of the molecule is CCOc1cccc2sc(NC(=O)c3cccc(NS(=O)(=O)c4ccc(C)cc4)c3)nc12. The van der Waals surface area contributed by atoms with Crippen molar-refractivity contribution in [1.29, 1.82) is 0 Å². The van der Waals surface area contributed by atoms with Crippen LogP contribution < -0.4 is 14.8 Å². The fraction of sp³-hybridized carbons (Fsp3) is 0.130. The number of amides is 1. The van der Waals surface area contributed by atoms with Gasteiger partial charge in [-0.15, -0.1) is 0 Å². The first-order valence-electron chi connectivity index (χ1n) is 9.89. The Morgan fingerprint density at radius 1 is 1.06 bits per heavy atom. The number of anilines is 2. The van der Waals surface area contributed by atoms with Crippen molar-refractivity contribution in [2.75, 3.05) is 16.6 Å². The molecule has 9 heteroatoms. The molecule has 164 valence electrons. The molecule has 0 fully saturated rings. The van der Waals surface area contributed by atoms with Crippen LogP contribution in [-0.4, -0.2) is 25.9 Å². The maximum atomic E-state index is 12.8. The number of benzene rings is 3. The van der Waals surface area contributed by atoms with Crippen LogP contribution in [0.3, 0.4) is 0 Å². The topological polar surface area (TPSA) is 97.4 Å². The predicted molar refractivity (Wildman–Crippen MR) is 127 cm³/mol. The summed E-state index contributed by atoms with van der Waals surface area (Å²) in [6, 6.07) is 18.5. The van der Waals surface area contributed by atoms with Gasteiger partial charge in [0.15, 0.2) is 5.13 Å². The van der Waals surface area contributed by atoms with Crippen LogP contribution in [0.15, 0.2) is 71.6 Å². The molecule has 0 saturated heterocycles. The molecule has 32 heavy (non-hydrogen) atoms. The second kappa shape index (κ2) is 8.97. The molecule has 1 aromatic heterocycles. The lowest BCUT2D eigenvalue weighted by Gasteiger charge is -2.10. The Bertz CT molecular complexity index is 1380. The van der Waals surface area contributed by atoms with Crippen molar-refractivity contribution in [3.63, 3.8) is 0 Å². The highest BCUT2D eigenvalue weighted by molar-refractivity contribution is 7.92. The normalized spacial score (nSPS) is 11.3. The standard InChI is InChI=1S/C23H21N3O4S2/c1-3-30-19-8-5-9-20-21(19)24-23(31-20)25-22(27)16-6-4-7-17(14-16)26-32(28,29)18-12-10-15(2)11-13-18/h4-14,26H,3H2,1-2H3,(H,24,25,27). The van der Waals surface area contributed by atoms with Gasteiger partial charge in [-0.3, -0.25) is 14.8 Å². The zero-order valence-corrected chi connectivity index (χ0v) is 19.1. The smallest absolute Gasteiger partial charge is 0.261 e. The third-order valence-corrected chi connectivity index (χ3v) is 6.94. The summed E-state index contributed by atoms with van der Waals surface area (Å²) in [7, 11) is -3.76. The largest absolute Gasteiger partial charge is 0.492 e. The molecule has 4 rings (SSSR count). The highest BCUT2D eigenvalue weighted by Crippen LogP contribution is 2.32. The molecule has 0 atom stereocenters. The lowest BCUT2D eigenvalue weighted by molar-refractivity contribution is 0.102. The van der Waals surface area contributed by atoms with Gasteiger partial charge in [-0.25, -0.2) is 13.4 Å². The van der Waals surface area contributed by atoms with Gasteiger partial charge in [-0.2, -0.15) is 0 Å². The summed E-state index contributed by atoms with van der Waals surface area (Å²) in [5.41, 5.74) is 2.25. The number of hydrogen-bond acceptors (Lipinski definition) is 6. The van der Waals surface area contributed by atoms with E-state index in [1.54, 1.807) is 30.3 Å². The number of carbonyl (C=O) groups is 1. The van der Waals surface area contributed by atoms with Crippen molar-refractivity contribution in [3.8, 4) is 5.75 Å². The molecule has 1 amide bonds. The van der Waals surface area contributed by atoms with Gasteiger partial charge in [0.05, 0.1) is 16.2 Å². The van der Waals surface area contributed by atoms with Gasteiger partial charge in [0, 0.05) is 11.3 Å². The van der Waals surface area contributed by atoms with E-state index in [1.807, 2.05) is 32.0 Å². The first-order valence-corrected chi connectivity index (χ1v) is 12.2. The maximum Gasteiger partial charge on any atom is 0.261 e. The molecule has 0 aliphatic rings. The Morgan fingerprint density at radius 3 is 2.56 bits per heavy atom. The summed E-state index contributed by atoms with van der Waals surface area (Å²) >= 11 is 1.34. The number of nitrogens with one attached hydrogen (secondary N) is 2. The average Bonchev–Trinajstić information content (AvgIpc) is 3.17. The summed E-state index contributed by atoms with van der Waals surface area (Å²) in [6.07, 6.45) is 0. The lowest BCUT2D eigenvalue weighted by atomic mass is 10.2. The van der Waals surface area contributed by atoms with Gasteiger partial charge in [0.2, 0.25) is 0 Å². The van der Waals surface area contributed by atoms with Crippen molar-refractivity contribution >= 4 is 48.3 Å². The summed E-state index contributed by atoms with van der Waals surface area (Å²) in [5, 5.41) is 3.21. The van der Waals surface area contributed by atoms with Crippen LogP contribution in [0.5, 0.6) is 5.75 Å². The molecule has 0 saturated carbocycles. The highest BCUT2D eigenvalue weighted by Gasteiger charge is 2.16. The summed E-state index contributed by atoms with van der Waals surface area (Å²) in [5.74, 6) is 0.271. The fourth-order valence-corrected chi connectivity index (χ4v) is 5.00. The van der Waals surface area contributed by atoms with Crippen LogP contribution in [0.4, 0.5) is 10.8 Å². The van der Waals surface area contributed by atoms with Crippen LogP contribution >= 0.6 is 11.3 Å². The van der Waals surface area contributed by atoms with Crippen LogP contribution in [-0.2, 0) is 10.0 Å². The minimum absolute atomic E-state index is 0.150. The molecule has 0 unspecified atom stereocenters. The van der Waals surface area contributed by atoms with E-state index in [-0.39, 0.29) is 4.90 Å². The van der Waals surface area contributed by atoms with Gasteiger partial charge in [0.1, 0.15) is 11.3 Å². The number of hydrogen-bond donors (Lipinski definition) is 2. The number of fused-ring (bicyclic) bond motifs is 1. The van der Waals surface area contributed by atoms with Crippen molar-refractivity contribution in [1.82, 2.24) is 4.98 Å². The molecule has 4 aromatic rings. The Kier molecular flexibility index (Phi) is 6.11. The molecule has 3 aromatic carbocycles. The van der Waals surface area contributed by atoms with E-state index < -0.39 is 15.9 Å². The fourth-order valence-electron chi connectivity index (χ4n) is 3.07. The van der Waals surface area contributed by atoms with E-state index in [0.717, 1.165) is 10.3 Å². The molecule has 0 spiro atoms. The Balaban J connectivity index is 1.53. The minimum atomic E-state index is -3.76. The van der Waals surface area contributed by atoms with Gasteiger partial charge in [-0.1, -0.05) is 41.2 Å². The first-order chi connectivity index (χ1) is 15.4. The maximum absolute atomic E-state index is 12.8. The van der Waals surface area contributed by atoms with E-state index in [1.165, 1.54) is 29.5 Å². The molecule has 7 nitrogen and oxygen atoms in total. The second-order valence-corrected chi connectivity index (χ2v) is 9.72. The van der Waals surface area contributed by atoms with Crippen molar-refractivity contribution in [3.05, 3.63) is 77.9 Å². The van der Waals surface area contributed by atoms with E-state index in [4.69, 9.17) is 4.74 Å². The van der Waals surface area contributed by atoms with Crippen molar-refractivity contribution in [2.24, 2.45) is 0 Å². The van der Waals surface area contributed by atoms with Crippen LogP contribution in [0.25, 0.3) is 10.2 Å². The molecule has 2 N–H and O–H groups in total. The van der Waals surface area contributed by atoms with Crippen molar-refractivity contribution in [2.45, 2.75) is 18.7 Å². The molecule has 0 aliphatic heterocycles. The predicted octanol–water partition coefficient (Wildman–Crippen LogP) is 5.06. The van der Waals surface area contributed by atoms with Gasteiger partial charge in [-0.05, 0) is 56.3 Å². The molecular weight excluding hydrogens is 446 g/mol. The van der Waals surface area contributed by atoms with Crippen molar-refractivity contribution < 1.29 is 17.9 Å². The molecule has 0 radical (unpaired) electrons. The molecule has 0 bridgehead atoms.